The molecule has 1 amide bonds. The Morgan fingerprint density at radius 3 is 2.24 bits per heavy atom. The van der Waals surface area contributed by atoms with Crippen molar-refractivity contribution in [2.45, 2.75) is 63.8 Å². The van der Waals surface area contributed by atoms with Crippen molar-refractivity contribution in [1.29, 1.82) is 0 Å². The fourth-order valence-corrected chi connectivity index (χ4v) is 6.06. The highest BCUT2D eigenvalue weighted by Gasteiger charge is 2.34. The number of carbonyl (C=O) groups excluding carboxylic acids is 1. The monoisotopic (exact) mass is 491 g/mol. The smallest absolute Gasteiger partial charge is 0.246 e. The van der Waals surface area contributed by atoms with Crippen LogP contribution >= 0.6 is 11.6 Å². The second kappa shape index (κ2) is 10.1. The summed E-state index contributed by atoms with van der Waals surface area (Å²) in [5.74, 6) is -0.0244. The van der Waals surface area contributed by atoms with Crippen molar-refractivity contribution < 1.29 is 13.2 Å². The van der Waals surface area contributed by atoms with Crippen LogP contribution in [0.4, 0.5) is 0 Å². The summed E-state index contributed by atoms with van der Waals surface area (Å²) >= 11 is 6.01. The summed E-state index contributed by atoms with van der Waals surface area (Å²) in [6, 6.07) is 11.4. The van der Waals surface area contributed by atoms with Gasteiger partial charge in [-0.1, -0.05) is 70.5 Å². The third-order valence-corrected chi connectivity index (χ3v) is 8.61. The summed E-state index contributed by atoms with van der Waals surface area (Å²) in [5, 5.41) is 3.18. The first-order chi connectivity index (χ1) is 15.4. The predicted molar refractivity (Wildman–Crippen MR) is 132 cm³/mol. The second-order valence-corrected chi connectivity index (χ2v) is 12.3. The maximum Gasteiger partial charge on any atom is 0.246 e. The molecule has 180 valence electrons. The van der Waals surface area contributed by atoms with Crippen LogP contribution in [0.15, 0.2) is 47.5 Å². The van der Waals surface area contributed by atoms with Crippen LogP contribution in [0.5, 0.6) is 0 Å². The molecule has 1 fully saturated rings. The molecule has 0 spiro atoms. The van der Waals surface area contributed by atoms with E-state index in [2.05, 4.69) is 69.2 Å². The van der Waals surface area contributed by atoms with Crippen molar-refractivity contribution >= 4 is 27.5 Å². The highest BCUT2D eigenvalue weighted by atomic mass is 35.5. The maximum atomic E-state index is 13.1. The summed E-state index contributed by atoms with van der Waals surface area (Å²) < 4.78 is 27.3. The molecule has 1 saturated heterocycles. The first-order valence-corrected chi connectivity index (χ1v) is 13.2. The fourth-order valence-electron chi connectivity index (χ4n) is 4.16. The number of rotatable bonds is 6. The van der Waals surface area contributed by atoms with Gasteiger partial charge in [-0.05, 0) is 47.4 Å². The minimum Gasteiger partial charge on any atom is -0.349 e. The van der Waals surface area contributed by atoms with Gasteiger partial charge < -0.3 is 5.32 Å². The molecule has 8 heteroatoms. The van der Waals surface area contributed by atoms with Crippen molar-refractivity contribution in [3.8, 4) is 0 Å². The Kier molecular flexibility index (Phi) is 7.87. The molecule has 1 atom stereocenters. The number of carbonyl (C=O) groups is 1. The molecule has 1 aromatic carbocycles. The summed E-state index contributed by atoms with van der Waals surface area (Å²) in [6.45, 7) is 11.3. The number of benzene rings is 1. The molecule has 2 heterocycles. The Morgan fingerprint density at radius 1 is 1.12 bits per heavy atom. The van der Waals surface area contributed by atoms with E-state index in [1.165, 1.54) is 22.1 Å². The minimum atomic E-state index is -3.73. The third kappa shape index (κ3) is 5.94. The third-order valence-electron chi connectivity index (χ3n) is 6.27. The number of amides is 1. The normalized spacial score (nSPS) is 17.2. The minimum absolute atomic E-state index is 0.00754. The van der Waals surface area contributed by atoms with Gasteiger partial charge in [-0.15, -0.1) is 0 Å². The number of pyridine rings is 1. The van der Waals surface area contributed by atoms with Gasteiger partial charge in [0.1, 0.15) is 10.0 Å². The molecule has 33 heavy (non-hydrogen) atoms. The zero-order chi connectivity index (χ0) is 24.4. The van der Waals surface area contributed by atoms with Crippen LogP contribution in [-0.2, 0) is 20.2 Å². The van der Waals surface area contributed by atoms with Crippen LogP contribution < -0.4 is 5.32 Å². The summed E-state index contributed by atoms with van der Waals surface area (Å²) in [5.41, 5.74) is 2.41. The van der Waals surface area contributed by atoms with E-state index < -0.39 is 10.0 Å². The van der Waals surface area contributed by atoms with Gasteiger partial charge in [0.25, 0.3) is 0 Å². The Morgan fingerprint density at radius 2 is 1.73 bits per heavy atom. The molecule has 3 rings (SSSR count). The average molecular weight is 492 g/mol. The van der Waals surface area contributed by atoms with Crippen LogP contribution in [0, 0.1) is 11.8 Å². The topological polar surface area (TPSA) is 79.4 Å². The van der Waals surface area contributed by atoms with E-state index >= 15 is 0 Å². The lowest BCUT2D eigenvalue weighted by molar-refractivity contribution is -0.127. The van der Waals surface area contributed by atoms with E-state index in [1.54, 1.807) is 6.07 Å². The average Bonchev–Trinajstić information content (AvgIpc) is 2.77. The van der Waals surface area contributed by atoms with Crippen molar-refractivity contribution in [1.82, 2.24) is 14.6 Å². The van der Waals surface area contributed by atoms with Gasteiger partial charge in [-0.3, -0.25) is 4.79 Å². The maximum absolute atomic E-state index is 13.1. The largest absolute Gasteiger partial charge is 0.349 e. The fraction of sp³-hybridized carbons (Fsp3) is 0.520. The molecule has 0 unspecified atom stereocenters. The molecule has 0 radical (unpaired) electrons. The molecule has 2 aromatic rings. The molecule has 1 aromatic heterocycles. The Bertz CT molecular complexity index is 1070. The van der Waals surface area contributed by atoms with E-state index in [1.807, 2.05) is 0 Å². The number of nitrogens with one attached hydrogen (secondary N) is 1. The quantitative estimate of drug-likeness (QED) is 0.580. The number of nitrogens with zero attached hydrogens (tertiary/aromatic N) is 2. The number of hydrogen-bond acceptors (Lipinski definition) is 4. The molecular formula is C25H34ClN3O3S. The van der Waals surface area contributed by atoms with Gasteiger partial charge in [0, 0.05) is 25.2 Å². The SMILES string of the molecule is CC(C)[C@H](NC(=O)C1CCN(S(=O)(=O)c2cccnc2Cl)CC1)c1ccc(C(C)(C)C)cc1. The van der Waals surface area contributed by atoms with Gasteiger partial charge in [-0.25, -0.2) is 13.4 Å². The van der Waals surface area contributed by atoms with Crippen LogP contribution in [0.3, 0.4) is 0 Å². The standard InChI is InChI=1S/C25H34ClN3O3S/c1-17(2)22(18-8-10-20(11-9-18)25(3,4)5)28-24(30)19-12-15-29(16-13-19)33(31,32)21-7-6-14-27-23(21)26/h6-11,14,17,19,22H,12-13,15-16H2,1-5H3,(H,28,30)/t22-/m0/s1. The van der Waals surface area contributed by atoms with E-state index in [0.29, 0.717) is 12.8 Å². The molecule has 1 aliphatic rings. The Balaban J connectivity index is 1.65. The number of aromatic nitrogens is 1. The van der Waals surface area contributed by atoms with Crippen molar-refractivity contribution in [3.63, 3.8) is 0 Å². The molecule has 1 N–H and O–H groups in total. The van der Waals surface area contributed by atoms with Crippen molar-refractivity contribution in [2.24, 2.45) is 11.8 Å². The summed E-state index contributed by atoms with van der Waals surface area (Å²) in [7, 11) is -3.73. The van der Waals surface area contributed by atoms with E-state index in [-0.39, 0.29) is 52.3 Å². The summed E-state index contributed by atoms with van der Waals surface area (Å²) in [6.07, 6.45) is 2.40. The van der Waals surface area contributed by atoms with E-state index in [0.717, 1.165) is 5.56 Å². The number of halogens is 1. The van der Waals surface area contributed by atoms with Crippen LogP contribution in [0.2, 0.25) is 5.15 Å². The lowest BCUT2D eigenvalue weighted by atomic mass is 9.85. The van der Waals surface area contributed by atoms with Gasteiger partial charge in [0.2, 0.25) is 15.9 Å². The van der Waals surface area contributed by atoms with E-state index in [4.69, 9.17) is 11.6 Å². The van der Waals surface area contributed by atoms with Gasteiger partial charge in [-0.2, -0.15) is 4.31 Å². The van der Waals surface area contributed by atoms with Crippen LogP contribution in [-0.4, -0.2) is 36.7 Å². The zero-order valence-corrected chi connectivity index (χ0v) is 21.6. The Labute approximate surface area is 202 Å². The summed E-state index contributed by atoms with van der Waals surface area (Å²) in [4.78, 5) is 17.0. The van der Waals surface area contributed by atoms with Crippen molar-refractivity contribution in [3.05, 3.63) is 58.9 Å². The lowest BCUT2D eigenvalue weighted by Crippen LogP contribution is -2.44. The molecule has 0 aliphatic carbocycles. The number of hydrogen-bond donors (Lipinski definition) is 1. The number of sulfonamides is 1. The molecule has 6 nitrogen and oxygen atoms in total. The molecular weight excluding hydrogens is 458 g/mol. The first-order valence-electron chi connectivity index (χ1n) is 11.4. The van der Waals surface area contributed by atoms with Crippen molar-refractivity contribution in [2.75, 3.05) is 13.1 Å². The lowest BCUT2D eigenvalue weighted by Gasteiger charge is -2.32. The Hall–Kier alpha value is -1.96. The van der Waals surface area contributed by atoms with Crippen LogP contribution in [0.1, 0.15) is 64.6 Å². The van der Waals surface area contributed by atoms with Crippen LogP contribution in [0.25, 0.3) is 0 Å². The van der Waals surface area contributed by atoms with E-state index in [9.17, 15) is 13.2 Å². The first kappa shape index (κ1) is 25.7. The highest BCUT2D eigenvalue weighted by molar-refractivity contribution is 7.89. The molecule has 0 saturated carbocycles. The predicted octanol–water partition coefficient (Wildman–Crippen LogP) is 4.95. The van der Waals surface area contributed by atoms with Gasteiger partial charge in [0.15, 0.2) is 0 Å². The number of piperidine rings is 1. The molecule has 1 aliphatic heterocycles. The van der Waals surface area contributed by atoms with Gasteiger partial charge >= 0.3 is 0 Å². The zero-order valence-electron chi connectivity index (χ0n) is 20.0. The highest BCUT2D eigenvalue weighted by Crippen LogP contribution is 2.30. The second-order valence-electron chi connectivity index (χ2n) is 10.1. The molecule has 0 bridgehead atoms. The van der Waals surface area contributed by atoms with Gasteiger partial charge in [0.05, 0.1) is 6.04 Å².